The summed E-state index contributed by atoms with van der Waals surface area (Å²) < 4.78 is 26.4. The zero-order valence-electron chi connectivity index (χ0n) is 13.9. The average molecular weight is 383 g/mol. The smallest absolute Gasteiger partial charge is 0.243 e. The first-order valence-corrected chi connectivity index (χ1v) is 10.6. The molecular formula is C16H21N3O4S2. The standard InChI is InChI=1S/C16H21N3O4S2/c1-19(9-15(20)17-11-4-2-3-5-11)25(22,23)12-6-7-14-13(8-12)18-16(21)10-24-14/h6-8,11H,2-5,9-10H2,1H3,(H,17,20)(H,18,21). The molecule has 0 aromatic heterocycles. The number of hydrogen-bond donors (Lipinski definition) is 2. The van der Waals surface area contributed by atoms with E-state index in [9.17, 15) is 18.0 Å². The van der Waals surface area contributed by atoms with Crippen LogP contribution in [0.25, 0.3) is 0 Å². The Kier molecular flexibility index (Phi) is 5.35. The third kappa shape index (κ3) is 4.16. The summed E-state index contributed by atoms with van der Waals surface area (Å²) in [5.41, 5.74) is 0.492. The van der Waals surface area contributed by atoms with Gasteiger partial charge in [-0.15, -0.1) is 11.8 Å². The summed E-state index contributed by atoms with van der Waals surface area (Å²) in [7, 11) is -2.42. The van der Waals surface area contributed by atoms with Gasteiger partial charge in [-0.3, -0.25) is 9.59 Å². The Labute approximate surface area is 151 Å². The maximum atomic E-state index is 12.7. The van der Waals surface area contributed by atoms with Crippen molar-refractivity contribution in [1.29, 1.82) is 0 Å². The number of carbonyl (C=O) groups is 2. The molecule has 1 aliphatic carbocycles. The summed E-state index contributed by atoms with van der Waals surface area (Å²) in [5.74, 6) is -0.128. The highest BCUT2D eigenvalue weighted by molar-refractivity contribution is 8.00. The van der Waals surface area contributed by atoms with E-state index in [0.717, 1.165) is 34.9 Å². The molecule has 1 heterocycles. The van der Waals surface area contributed by atoms with Crippen LogP contribution >= 0.6 is 11.8 Å². The van der Waals surface area contributed by atoms with E-state index in [1.54, 1.807) is 6.07 Å². The Morgan fingerprint density at radius 2 is 2.08 bits per heavy atom. The van der Waals surface area contributed by atoms with Gasteiger partial charge in [0, 0.05) is 18.0 Å². The van der Waals surface area contributed by atoms with Crippen molar-refractivity contribution < 1.29 is 18.0 Å². The molecule has 2 aliphatic rings. The molecule has 1 saturated carbocycles. The number of nitrogens with zero attached hydrogens (tertiary/aromatic N) is 1. The van der Waals surface area contributed by atoms with E-state index in [1.165, 1.54) is 30.9 Å². The molecule has 136 valence electrons. The molecule has 1 aromatic rings. The van der Waals surface area contributed by atoms with Crippen molar-refractivity contribution in [1.82, 2.24) is 9.62 Å². The molecule has 0 unspecified atom stereocenters. The second kappa shape index (κ2) is 7.35. The van der Waals surface area contributed by atoms with Crippen LogP contribution in [0.1, 0.15) is 25.7 Å². The van der Waals surface area contributed by atoms with Crippen LogP contribution in [-0.2, 0) is 19.6 Å². The number of sulfonamides is 1. The molecular weight excluding hydrogens is 362 g/mol. The van der Waals surface area contributed by atoms with Crippen LogP contribution in [0.15, 0.2) is 28.0 Å². The Balaban J connectivity index is 1.70. The van der Waals surface area contributed by atoms with Gasteiger partial charge in [-0.05, 0) is 31.0 Å². The van der Waals surface area contributed by atoms with Crippen LogP contribution < -0.4 is 10.6 Å². The minimum Gasteiger partial charge on any atom is -0.352 e. The molecule has 1 fully saturated rings. The fraction of sp³-hybridized carbons (Fsp3) is 0.500. The van der Waals surface area contributed by atoms with Gasteiger partial charge in [0.2, 0.25) is 21.8 Å². The lowest BCUT2D eigenvalue weighted by atomic mass is 10.2. The zero-order chi connectivity index (χ0) is 18.0. The van der Waals surface area contributed by atoms with E-state index >= 15 is 0 Å². The predicted octanol–water partition coefficient (Wildman–Crippen LogP) is 1.41. The number of fused-ring (bicyclic) bond motifs is 1. The second-order valence-corrected chi connectivity index (χ2v) is 9.37. The lowest BCUT2D eigenvalue weighted by Crippen LogP contribution is -2.41. The molecule has 0 atom stereocenters. The lowest BCUT2D eigenvalue weighted by Gasteiger charge is -2.21. The number of carbonyl (C=O) groups excluding carboxylic acids is 2. The molecule has 3 rings (SSSR count). The molecule has 1 aromatic carbocycles. The third-order valence-electron chi connectivity index (χ3n) is 4.38. The number of likely N-dealkylation sites (N-methyl/N-ethyl adjacent to an activating group) is 1. The molecule has 0 bridgehead atoms. The van der Waals surface area contributed by atoms with Crippen LogP contribution in [0.2, 0.25) is 0 Å². The van der Waals surface area contributed by atoms with Crippen molar-refractivity contribution >= 4 is 39.3 Å². The predicted molar refractivity (Wildman–Crippen MR) is 96.0 cm³/mol. The Bertz CT molecular complexity index is 789. The highest BCUT2D eigenvalue weighted by Crippen LogP contribution is 2.33. The fourth-order valence-electron chi connectivity index (χ4n) is 3.03. The van der Waals surface area contributed by atoms with E-state index in [-0.39, 0.29) is 29.3 Å². The van der Waals surface area contributed by atoms with Crippen molar-refractivity contribution in [2.45, 2.75) is 41.5 Å². The van der Waals surface area contributed by atoms with E-state index in [1.807, 2.05) is 0 Å². The monoisotopic (exact) mass is 383 g/mol. The lowest BCUT2D eigenvalue weighted by molar-refractivity contribution is -0.121. The van der Waals surface area contributed by atoms with Crippen molar-refractivity contribution in [3.8, 4) is 0 Å². The van der Waals surface area contributed by atoms with Gasteiger partial charge in [-0.25, -0.2) is 8.42 Å². The largest absolute Gasteiger partial charge is 0.352 e. The second-order valence-electron chi connectivity index (χ2n) is 6.30. The Morgan fingerprint density at radius 3 is 2.80 bits per heavy atom. The molecule has 0 spiro atoms. The van der Waals surface area contributed by atoms with Crippen LogP contribution in [0.3, 0.4) is 0 Å². The molecule has 9 heteroatoms. The van der Waals surface area contributed by atoms with Crippen molar-refractivity contribution in [3.05, 3.63) is 18.2 Å². The average Bonchev–Trinajstić information content (AvgIpc) is 3.06. The van der Waals surface area contributed by atoms with Gasteiger partial charge in [0.25, 0.3) is 0 Å². The summed E-state index contributed by atoms with van der Waals surface area (Å²) in [5, 5.41) is 5.56. The molecule has 2 amide bonds. The van der Waals surface area contributed by atoms with Gasteiger partial charge in [0.15, 0.2) is 0 Å². The maximum Gasteiger partial charge on any atom is 0.243 e. The molecule has 7 nitrogen and oxygen atoms in total. The molecule has 2 N–H and O–H groups in total. The van der Waals surface area contributed by atoms with Crippen LogP contribution in [0, 0.1) is 0 Å². The first kappa shape index (κ1) is 18.2. The number of nitrogens with one attached hydrogen (secondary N) is 2. The fourth-order valence-corrected chi connectivity index (χ4v) is 4.98. The van der Waals surface area contributed by atoms with Gasteiger partial charge in [0.1, 0.15) is 0 Å². The number of benzene rings is 1. The minimum atomic E-state index is -3.81. The molecule has 1 aliphatic heterocycles. The number of anilines is 1. The van der Waals surface area contributed by atoms with E-state index in [2.05, 4.69) is 10.6 Å². The van der Waals surface area contributed by atoms with Gasteiger partial charge in [-0.2, -0.15) is 4.31 Å². The van der Waals surface area contributed by atoms with Crippen molar-refractivity contribution in [2.75, 3.05) is 24.7 Å². The normalized spacial score (nSPS) is 18.1. The van der Waals surface area contributed by atoms with Gasteiger partial charge >= 0.3 is 0 Å². The number of amides is 2. The summed E-state index contributed by atoms with van der Waals surface area (Å²) in [6, 6.07) is 4.78. The van der Waals surface area contributed by atoms with Crippen molar-refractivity contribution in [3.63, 3.8) is 0 Å². The first-order chi connectivity index (χ1) is 11.9. The number of thioether (sulfide) groups is 1. The van der Waals surface area contributed by atoms with Gasteiger partial charge in [-0.1, -0.05) is 12.8 Å². The number of rotatable bonds is 5. The molecule has 0 radical (unpaired) electrons. The Hall–Kier alpha value is -1.58. The zero-order valence-corrected chi connectivity index (χ0v) is 15.6. The first-order valence-electron chi connectivity index (χ1n) is 8.18. The van der Waals surface area contributed by atoms with E-state index < -0.39 is 10.0 Å². The summed E-state index contributed by atoms with van der Waals surface area (Å²) in [6.07, 6.45) is 4.09. The molecule has 0 saturated heterocycles. The Morgan fingerprint density at radius 1 is 1.36 bits per heavy atom. The molecule has 25 heavy (non-hydrogen) atoms. The van der Waals surface area contributed by atoms with Crippen LogP contribution in [-0.4, -0.2) is 49.9 Å². The SMILES string of the molecule is CN(CC(=O)NC1CCCC1)S(=O)(=O)c1ccc2c(c1)NC(=O)CS2. The quantitative estimate of drug-likeness (QED) is 0.802. The van der Waals surface area contributed by atoms with Crippen molar-refractivity contribution in [2.24, 2.45) is 0 Å². The highest BCUT2D eigenvalue weighted by Gasteiger charge is 2.26. The van der Waals surface area contributed by atoms with Crippen LogP contribution in [0.4, 0.5) is 5.69 Å². The van der Waals surface area contributed by atoms with Crippen LogP contribution in [0.5, 0.6) is 0 Å². The highest BCUT2D eigenvalue weighted by atomic mass is 32.2. The topological polar surface area (TPSA) is 95.6 Å². The van der Waals surface area contributed by atoms with Gasteiger partial charge in [0.05, 0.1) is 22.9 Å². The minimum absolute atomic E-state index is 0.0604. The summed E-state index contributed by atoms with van der Waals surface area (Å²) >= 11 is 1.37. The summed E-state index contributed by atoms with van der Waals surface area (Å²) in [4.78, 5) is 24.5. The van der Waals surface area contributed by atoms with E-state index in [4.69, 9.17) is 0 Å². The third-order valence-corrected chi connectivity index (χ3v) is 7.25. The van der Waals surface area contributed by atoms with E-state index in [0.29, 0.717) is 11.4 Å². The number of hydrogen-bond acceptors (Lipinski definition) is 5. The maximum absolute atomic E-state index is 12.7. The summed E-state index contributed by atoms with van der Waals surface area (Å²) in [6.45, 7) is -0.225. The van der Waals surface area contributed by atoms with Gasteiger partial charge < -0.3 is 10.6 Å².